The molecule has 0 aliphatic carbocycles. The highest BCUT2D eigenvalue weighted by Gasteiger charge is 2.01. The molecule has 0 radical (unpaired) electrons. The summed E-state index contributed by atoms with van der Waals surface area (Å²) >= 11 is 0. The molecule has 1 atom stereocenters. The highest BCUT2D eigenvalue weighted by atomic mass is 19.1. The van der Waals surface area contributed by atoms with Crippen LogP contribution in [0.3, 0.4) is 0 Å². The van der Waals surface area contributed by atoms with Gasteiger partial charge in [-0.25, -0.2) is 4.39 Å². The maximum atomic E-state index is 12.7. The third kappa shape index (κ3) is 2.62. The number of hydrogen-bond acceptors (Lipinski definition) is 1. The second kappa shape index (κ2) is 4.21. The van der Waals surface area contributed by atoms with Crippen molar-refractivity contribution in [1.29, 1.82) is 0 Å². The molecule has 2 heteroatoms. The maximum absolute atomic E-state index is 12.7. The molecule has 0 unspecified atom stereocenters. The van der Waals surface area contributed by atoms with Gasteiger partial charge in [-0.3, -0.25) is 0 Å². The molecule has 0 heterocycles. The van der Waals surface area contributed by atoms with Crippen LogP contribution in [0.5, 0.6) is 0 Å². The molecule has 66 valence electrons. The molecule has 1 rings (SSSR count). The van der Waals surface area contributed by atoms with Gasteiger partial charge in [0.15, 0.2) is 0 Å². The lowest BCUT2D eigenvalue weighted by Crippen LogP contribution is -2.13. The van der Waals surface area contributed by atoms with Crippen molar-refractivity contribution in [2.75, 3.05) is 6.54 Å². The minimum absolute atomic E-state index is 0.170. The van der Waals surface area contributed by atoms with Crippen molar-refractivity contribution in [3.05, 3.63) is 35.6 Å². The minimum atomic E-state index is -0.170. The number of nitrogens with two attached hydrogens (primary N) is 1. The smallest absolute Gasteiger partial charge is 0.123 e. The summed E-state index contributed by atoms with van der Waals surface area (Å²) in [5.74, 6) is 0.253. The molecule has 2 N–H and O–H groups in total. The lowest BCUT2D eigenvalue weighted by atomic mass is 10.0. The van der Waals surface area contributed by atoms with Crippen LogP contribution < -0.4 is 5.73 Å². The van der Waals surface area contributed by atoms with E-state index in [1.165, 1.54) is 6.07 Å². The van der Waals surface area contributed by atoms with Crippen LogP contribution in [0.25, 0.3) is 0 Å². The first-order valence-electron chi connectivity index (χ1n) is 4.17. The molecule has 1 nitrogen and oxygen atoms in total. The fraction of sp³-hybridized carbons (Fsp3) is 0.400. The standard InChI is InChI=1S/C10H14FN/c1-8(7-12)5-9-3-2-4-10(11)6-9/h2-4,6,8H,5,7,12H2,1H3/t8-/m1/s1. The molecule has 0 aliphatic heterocycles. The zero-order chi connectivity index (χ0) is 8.97. The van der Waals surface area contributed by atoms with E-state index >= 15 is 0 Å². The Kier molecular flexibility index (Phi) is 3.23. The van der Waals surface area contributed by atoms with Crippen LogP contribution in [-0.2, 0) is 6.42 Å². The Labute approximate surface area is 72.4 Å². The molecule has 0 spiro atoms. The number of rotatable bonds is 3. The molecule has 0 saturated carbocycles. The van der Waals surface area contributed by atoms with Crippen molar-refractivity contribution >= 4 is 0 Å². The van der Waals surface area contributed by atoms with Crippen LogP contribution in [0, 0.1) is 11.7 Å². The topological polar surface area (TPSA) is 26.0 Å². The normalized spacial score (nSPS) is 12.9. The monoisotopic (exact) mass is 167 g/mol. The van der Waals surface area contributed by atoms with E-state index in [9.17, 15) is 4.39 Å². The van der Waals surface area contributed by atoms with E-state index in [4.69, 9.17) is 5.73 Å². The average molecular weight is 167 g/mol. The molecule has 1 aromatic carbocycles. The summed E-state index contributed by atoms with van der Waals surface area (Å²) in [7, 11) is 0. The number of benzene rings is 1. The quantitative estimate of drug-likeness (QED) is 0.731. The van der Waals surface area contributed by atoms with Crippen molar-refractivity contribution in [3.63, 3.8) is 0 Å². The molecular weight excluding hydrogens is 153 g/mol. The Balaban J connectivity index is 2.63. The summed E-state index contributed by atoms with van der Waals surface area (Å²) in [5.41, 5.74) is 6.49. The lowest BCUT2D eigenvalue weighted by Gasteiger charge is -2.07. The average Bonchev–Trinajstić information content (AvgIpc) is 2.04. The van der Waals surface area contributed by atoms with Gasteiger partial charge in [-0.05, 0) is 36.6 Å². The second-order valence-electron chi connectivity index (χ2n) is 3.17. The van der Waals surface area contributed by atoms with Crippen LogP contribution in [0.15, 0.2) is 24.3 Å². The fourth-order valence-corrected chi connectivity index (χ4v) is 1.15. The number of hydrogen-bond donors (Lipinski definition) is 1. The molecule has 0 bridgehead atoms. The van der Waals surface area contributed by atoms with Crippen LogP contribution in [0.1, 0.15) is 12.5 Å². The van der Waals surface area contributed by atoms with E-state index in [2.05, 4.69) is 6.92 Å². The minimum Gasteiger partial charge on any atom is -0.330 e. The Morgan fingerprint density at radius 2 is 2.25 bits per heavy atom. The molecule has 0 fully saturated rings. The first-order valence-corrected chi connectivity index (χ1v) is 4.17. The zero-order valence-corrected chi connectivity index (χ0v) is 7.26. The van der Waals surface area contributed by atoms with E-state index in [-0.39, 0.29) is 5.82 Å². The Hall–Kier alpha value is -0.890. The van der Waals surface area contributed by atoms with Gasteiger partial charge in [0, 0.05) is 0 Å². The van der Waals surface area contributed by atoms with Gasteiger partial charge in [-0.15, -0.1) is 0 Å². The van der Waals surface area contributed by atoms with Crippen molar-refractivity contribution in [1.82, 2.24) is 0 Å². The molecule has 1 aromatic rings. The SMILES string of the molecule is C[C@@H](CN)Cc1cccc(F)c1. The molecule has 0 amide bonds. The van der Waals surface area contributed by atoms with E-state index in [0.717, 1.165) is 12.0 Å². The summed E-state index contributed by atoms with van der Waals surface area (Å²) < 4.78 is 12.7. The van der Waals surface area contributed by atoms with Gasteiger partial charge in [0.25, 0.3) is 0 Å². The van der Waals surface area contributed by atoms with Gasteiger partial charge in [0.1, 0.15) is 5.82 Å². The fourth-order valence-electron chi connectivity index (χ4n) is 1.15. The molecule has 12 heavy (non-hydrogen) atoms. The summed E-state index contributed by atoms with van der Waals surface area (Å²) in [4.78, 5) is 0. The Morgan fingerprint density at radius 1 is 1.50 bits per heavy atom. The summed E-state index contributed by atoms with van der Waals surface area (Å²) in [6, 6.07) is 6.67. The van der Waals surface area contributed by atoms with Gasteiger partial charge in [-0.2, -0.15) is 0 Å². The highest BCUT2D eigenvalue weighted by Crippen LogP contribution is 2.08. The third-order valence-electron chi connectivity index (χ3n) is 1.88. The van der Waals surface area contributed by atoms with Crippen molar-refractivity contribution in [2.45, 2.75) is 13.3 Å². The van der Waals surface area contributed by atoms with E-state index < -0.39 is 0 Å². The van der Waals surface area contributed by atoms with Crippen LogP contribution in [-0.4, -0.2) is 6.54 Å². The Morgan fingerprint density at radius 3 is 2.83 bits per heavy atom. The zero-order valence-electron chi connectivity index (χ0n) is 7.26. The van der Waals surface area contributed by atoms with Crippen molar-refractivity contribution in [3.8, 4) is 0 Å². The van der Waals surface area contributed by atoms with E-state index in [1.807, 2.05) is 6.07 Å². The molecule has 0 aliphatic rings. The van der Waals surface area contributed by atoms with Crippen molar-refractivity contribution in [2.24, 2.45) is 11.7 Å². The second-order valence-corrected chi connectivity index (χ2v) is 3.17. The van der Waals surface area contributed by atoms with Gasteiger partial charge in [0.2, 0.25) is 0 Å². The predicted octanol–water partition coefficient (Wildman–Crippen LogP) is 1.96. The van der Waals surface area contributed by atoms with E-state index in [0.29, 0.717) is 12.5 Å². The molecular formula is C10H14FN. The van der Waals surface area contributed by atoms with Gasteiger partial charge in [-0.1, -0.05) is 19.1 Å². The summed E-state index contributed by atoms with van der Waals surface area (Å²) in [6.07, 6.45) is 0.855. The largest absolute Gasteiger partial charge is 0.330 e. The highest BCUT2D eigenvalue weighted by molar-refractivity contribution is 5.16. The van der Waals surface area contributed by atoms with Crippen molar-refractivity contribution < 1.29 is 4.39 Å². The maximum Gasteiger partial charge on any atom is 0.123 e. The predicted molar refractivity (Wildman–Crippen MR) is 48.3 cm³/mol. The first kappa shape index (κ1) is 9.20. The summed E-state index contributed by atoms with van der Waals surface area (Å²) in [6.45, 7) is 2.71. The Bertz CT molecular complexity index is 247. The third-order valence-corrected chi connectivity index (χ3v) is 1.88. The molecule has 0 aromatic heterocycles. The van der Waals surface area contributed by atoms with Crippen LogP contribution >= 0.6 is 0 Å². The summed E-state index contributed by atoms with van der Waals surface area (Å²) in [5, 5.41) is 0. The van der Waals surface area contributed by atoms with Gasteiger partial charge >= 0.3 is 0 Å². The van der Waals surface area contributed by atoms with Gasteiger partial charge in [0.05, 0.1) is 0 Å². The van der Waals surface area contributed by atoms with Gasteiger partial charge < -0.3 is 5.73 Å². The van der Waals surface area contributed by atoms with E-state index in [1.54, 1.807) is 12.1 Å². The lowest BCUT2D eigenvalue weighted by molar-refractivity contribution is 0.584. The van der Waals surface area contributed by atoms with Crippen LogP contribution in [0.4, 0.5) is 4.39 Å². The first-order chi connectivity index (χ1) is 5.72. The van der Waals surface area contributed by atoms with Crippen LogP contribution in [0.2, 0.25) is 0 Å². The number of halogens is 1. The molecule has 0 saturated heterocycles.